The first-order valence-corrected chi connectivity index (χ1v) is 10.2. The average molecular weight is 531 g/mol. The van der Waals surface area contributed by atoms with Crippen molar-refractivity contribution in [3.63, 3.8) is 0 Å². The third-order valence-corrected chi connectivity index (χ3v) is 4.96. The molecule has 0 aliphatic rings. The number of ether oxygens (including phenoxy) is 3. The second-order valence-corrected chi connectivity index (χ2v) is 6.95. The van der Waals surface area contributed by atoms with Gasteiger partial charge in [0.15, 0.2) is 17.5 Å². The van der Waals surface area contributed by atoms with Gasteiger partial charge in [-0.05, 0) is 31.2 Å². The maximum absolute atomic E-state index is 5.53. The zero-order valence-corrected chi connectivity index (χ0v) is 20.5. The van der Waals surface area contributed by atoms with Crippen molar-refractivity contribution in [3.05, 3.63) is 48.0 Å². The largest absolute Gasteiger partial charge is 0.493 e. The van der Waals surface area contributed by atoms with E-state index in [1.165, 1.54) is 4.90 Å². The van der Waals surface area contributed by atoms with E-state index in [9.17, 15) is 0 Å². The summed E-state index contributed by atoms with van der Waals surface area (Å²) in [6, 6.07) is 14.2. The highest BCUT2D eigenvalue weighted by Crippen LogP contribution is 2.39. The van der Waals surface area contributed by atoms with Crippen molar-refractivity contribution in [2.45, 2.75) is 18.4 Å². The second kappa shape index (κ2) is 14.2. The van der Waals surface area contributed by atoms with Gasteiger partial charge in [0, 0.05) is 29.3 Å². The highest BCUT2D eigenvalue weighted by molar-refractivity contribution is 14.0. The molecule has 2 aromatic rings. The summed E-state index contributed by atoms with van der Waals surface area (Å²) >= 11 is 1.81. The molecule has 0 aliphatic heterocycles. The van der Waals surface area contributed by atoms with Gasteiger partial charge in [-0.2, -0.15) is 0 Å². The van der Waals surface area contributed by atoms with Crippen molar-refractivity contribution in [2.24, 2.45) is 4.99 Å². The summed E-state index contributed by atoms with van der Waals surface area (Å²) in [7, 11) is 4.83. The summed E-state index contributed by atoms with van der Waals surface area (Å²) in [4.78, 5) is 5.94. The molecule has 160 valence electrons. The van der Waals surface area contributed by atoms with Gasteiger partial charge in [0.2, 0.25) is 5.75 Å². The summed E-state index contributed by atoms with van der Waals surface area (Å²) in [5.74, 6) is 3.58. The Morgan fingerprint density at radius 3 is 2.28 bits per heavy atom. The topological polar surface area (TPSA) is 64.1 Å². The number of aliphatic imine (C=N–C) groups is 1. The SMILES string of the molecule is CCNC(=NCc1ccc(OC)c(OC)c1OC)NCCSc1ccccc1.I. The highest BCUT2D eigenvalue weighted by atomic mass is 127. The molecule has 0 fully saturated rings. The fourth-order valence-electron chi connectivity index (χ4n) is 2.65. The molecular weight excluding hydrogens is 501 g/mol. The predicted molar refractivity (Wildman–Crippen MR) is 131 cm³/mol. The van der Waals surface area contributed by atoms with E-state index in [-0.39, 0.29) is 24.0 Å². The van der Waals surface area contributed by atoms with Gasteiger partial charge in [0.25, 0.3) is 0 Å². The van der Waals surface area contributed by atoms with Gasteiger partial charge in [-0.3, -0.25) is 0 Å². The monoisotopic (exact) mass is 531 g/mol. The maximum Gasteiger partial charge on any atom is 0.203 e. The number of rotatable bonds is 10. The molecular formula is C21H30IN3O3S. The van der Waals surface area contributed by atoms with Gasteiger partial charge in [-0.25, -0.2) is 4.99 Å². The van der Waals surface area contributed by atoms with Crippen LogP contribution < -0.4 is 24.8 Å². The minimum atomic E-state index is 0. The summed E-state index contributed by atoms with van der Waals surface area (Å²) < 4.78 is 16.3. The molecule has 0 heterocycles. The van der Waals surface area contributed by atoms with Crippen LogP contribution in [0.15, 0.2) is 52.4 Å². The van der Waals surface area contributed by atoms with E-state index in [2.05, 4.69) is 39.9 Å². The summed E-state index contributed by atoms with van der Waals surface area (Å²) in [6.45, 7) is 4.12. The van der Waals surface area contributed by atoms with Crippen molar-refractivity contribution < 1.29 is 14.2 Å². The van der Waals surface area contributed by atoms with Crippen LogP contribution in [0.4, 0.5) is 0 Å². The molecule has 2 rings (SSSR count). The van der Waals surface area contributed by atoms with Gasteiger partial charge in [0.1, 0.15) is 0 Å². The molecule has 0 aliphatic carbocycles. The molecule has 0 saturated carbocycles. The van der Waals surface area contributed by atoms with E-state index in [4.69, 9.17) is 14.2 Å². The quantitative estimate of drug-likeness (QED) is 0.158. The first-order valence-electron chi connectivity index (χ1n) is 9.21. The Balaban J connectivity index is 0.00000420. The third-order valence-electron chi connectivity index (χ3n) is 3.94. The summed E-state index contributed by atoms with van der Waals surface area (Å²) in [6.07, 6.45) is 0. The maximum atomic E-state index is 5.53. The normalized spacial score (nSPS) is 10.7. The lowest BCUT2D eigenvalue weighted by Gasteiger charge is -2.15. The molecule has 2 aromatic carbocycles. The van der Waals surface area contributed by atoms with Crippen LogP contribution >= 0.6 is 35.7 Å². The molecule has 0 unspecified atom stereocenters. The van der Waals surface area contributed by atoms with Crippen LogP contribution in [0.2, 0.25) is 0 Å². The lowest BCUT2D eigenvalue weighted by molar-refractivity contribution is 0.322. The Morgan fingerprint density at radius 1 is 0.931 bits per heavy atom. The Labute approximate surface area is 194 Å². The first kappa shape index (κ1) is 25.2. The lowest BCUT2D eigenvalue weighted by Crippen LogP contribution is -2.38. The fraction of sp³-hybridized carbons (Fsp3) is 0.381. The first-order chi connectivity index (χ1) is 13.7. The summed E-state index contributed by atoms with van der Waals surface area (Å²) in [5.41, 5.74) is 0.927. The van der Waals surface area contributed by atoms with E-state index >= 15 is 0 Å². The minimum absolute atomic E-state index is 0. The van der Waals surface area contributed by atoms with Crippen LogP contribution in [0.5, 0.6) is 17.2 Å². The average Bonchev–Trinajstić information content (AvgIpc) is 2.74. The summed E-state index contributed by atoms with van der Waals surface area (Å²) in [5, 5.41) is 6.64. The van der Waals surface area contributed by atoms with Gasteiger partial charge in [-0.1, -0.05) is 18.2 Å². The lowest BCUT2D eigenvalue weighted by atomic mass is 10.1. The Bertz CT molecular complexity index is 760. The van der Waals surface area contributed by atoms with Crippen LogP contribution in [-0.2, 0) is 6.54 Å². The van der Waals surface area contributed by atoms with Crippen molar-refractivity contribution in [3.8, 4) is 17.2 Å². The van der Waals surface area contributed by atoms with Crippen LogP contribution in [0.1, 0.15) is 12.5 Å². The van der Waals surface area contributed by atoms with E-state index in [0.717, 1.165) is 30.4 Å². The zero-order chi connectivity index (χ0) is 20.2. The number of halogens is 1. The molecule has 0 spiro atoms. The molecule has 0 atom stereocenters. The number of hydrogen-bond acceptors (Lipinski definition) is 5. The minimum Gasteiger partial charge on any atom is -0.493 e. The molecule has 0 amide bonds. The van der Waals surface area contributed by atoms with Crippen molar-refractivity contribution >= 4 is 41.7 Å². The number of benzene rings is 2. The van der Waals surface area contributed by atoms with Gasteiger partial charge < -0.3 is 24.8 Å². The molecule has 29 heavy (non-hydrogen) atoms. The third kappa shape index (κ3) is 7.85. The molecule has 0 aromatic heterocycles. The number of thioether (sulfide) groups is 1. The number of nitrogens with zero attached hydrogens (tertiary/aromatic N) is 1. The number of methoxy groups -OCH3 is 3. The van der Waals surface area contributed by atoms with Crippen molar-refractivity contribution in [1.82, 2.24) is 10.6 Å². The van der Waals surface area contributed by atoms with Gasteiger partial charge in [-0.15, -0.1) is 35.7 Å². The van der Waals surface area contributed by atoms with Gasteiger partial charge >= 0.3 is 0 Å². The van der Waals surface area contributed by atoms with E-state index in [1.54, 1.807) is 21.3 Å². The molecule has 6 nitrogen and oxygen atoms in total. The Hall–Kier alpha value is -1.81. The van der Waals surface area contributed by atoms with Crippen LogP contribution in [0, 0.1) is 0 Å². The smallest absolute Gasteiger partial charge is 0.203 e. The fourth-order valence-corrected chi connectivity index (χ4v) is 3.44. The van der Waals surface area contributed by atoms with Gasteiger partial charge in [0.05, 0.1) is 27.9 Å². The number of hydrogen-bond donors (Lipinski definition) is 2. The second-order valence-electron chi connectivity index (χ2n) is 5.78. The Kier molecular flexibility index (Phi) is 12.4. The molecule has 0 radical (unpaired) electrons. The highest BCUT2D eigenvalue weighted by Gasteiger charge is 2.15. The molecule has 8 heteroatoms. The van der Waals surface area contributed by atoms with E-state index < -0.39 is 0 Å². The van der Waals surface area contributed by atoms with Crippen LogP contribution in [-0.4, -0.2) is 46.1 Å². The Morgan fingerprint density at radius 2 is 1.66 bits per heavy atom. The van der Waals surface area contributed by atoms with Crippen LogP contribution in [0.25, 0.3) is 0 Å². The van der Waals surface area contributed by atoms with Crippen molar-refractivity contribution in [1.29, 1.82) is 0 Å². The van der Waals surface area contributed by atoms with E-state index in [0.29, 0.717) is 23.8 Å². The van der Waals surface area contributed by atoms with E-state index in [1.807, 2.05) is 36.9 Å². The molecule has 2 N–H and O–H groups in total. The van der Waals surface area contributed by atoms with Crippen LogP contribution in [0.3, 0.4) is 0 Å². The number of guanidine groups is 1. The predicted octanol–water partition coefficient (Wildman–Crippen LogP) is 4.18. The zero-order valence-electron chi connectivity index (χ0n) is 17.4. The van der Waals surface area contributed by atoms with Crippen molar-refractivity contribution in [2.75, 3.05) is 40.2 Å². The number of nitrogens with one attached hydrogen (secondary N) is 2. The standard InChI is InChI=1S/C21H29N3O3S.HI/c1-5-22-21(23-13-14-28-17-9-7-6-8-10-17)24-15-16-11-12-18(25-2)20(27-4)19(16)26-3;/h6-12H,5,13-15H2,1-4H3,(H2,22,23,24);1H. The molecule has 0 saturated heterocycles. The molecule has 0 bridgehead atoms.